The summed E-state index contributed by atoms with van der Waals surface area (Å²) in [5, 5.41) is 23.1. The van der Waals surface area contributed by atoms with E-state index in [1.54, 1.807) is 0 Å². The number of unbranched alkanes of at least 4 members (excludes halogenated alkanes) is 37. The van der Waals surface area contributed by atoms with Crippen LogP contribution >= 0.6 is 0 Å². The molecule has 60 heavy (non-hydrogen) atoms. The Hall–Kier alpha value is -1.40. The van der Waals surface area contributed by atoms with Gasteiger partial charge in [0, 0.05) is 12.8 Å². The second-order valence-electron chi connectivity index (χ2n) is 18.6. The number of hydrogen-bond donors (Lipinski definition) is 3. The molecule has 0 aliphatic heterocycles. The molecule has 0 aromatic rings. The topological polar surface area (TPSA) is 95.9 Å². The average Bonchev–Trinajstić information content (AvgIpc) is 3.25. The molecule has 0 spiro atoms. The van der Waals surface area contributed by atoms with Crippen molar-refractivity contribution in [2.75, 3.05) is 13.2 Å². The minimum Gasteiger partial charge on any atom is -0.466 e. The molecule has 3 N–H and O–H groups in total. The molecule has 6 nitrogen and oxygen atoms in total. The molecule has 0 saturated heterocycles. The zero-order valence-electron chi connectivity index (χ0n) is 40.5. The summed E-state index contributed by atoms with van der Waals surface area (Å²) in [7, 11) is 0. The van der Waals surface area contributed by atoms with Gasteiger partial charge in [0.25, 0.3) is 0 Å². The molecule has 0 radical (unpaired) electrons. The third kappa shape index (κ3) is 46.1. The molecule has 0 aliphatic carbocycles. The molecular weight excluding hydrogens is 743 g/mol. The lowest BCUT2D eigenvalue weighted by Gasteiger charge is -2.22. The Balaban J connectivity index is 3.37. The van der Waals surface area contributed by atoms with Crippen LogP contribution in [-0.4, -0.2) is 47.4 Å². The van der Waals surface area contributed by atoms with Crippen molar-refractivity contribution in [1.29, 1.82) is 0 Å². The summed E-state index contributed by atoms with van der Waals surface area (Å²) in [6.07, 6.45) is 57.7. The summed E-state index contributed by atoms with van der Waals surface area (Å²) in [6, 6.07) is -0.542. The van der Waals surface area contributed by atoms with Crippen LogP contribution < -0.4 is 5.32 Å². The van der Waals surface area contributed by atoms with Gasteiger partial charge in [0.05, 0.1) is 25.4 Å². The fraction of sp³-hybridized carbons (Fsp3) is 0.926. The van der Waals surface area contributed by atoms with Crippen molar-refractivity contribution in [3.8, 4) is 0 Å². The highest BCUT2D eigenvalue weighted by molar-refractivity contribution is 5.76. The number of aliphatic hydroxyl groups excluding tert-OH is 2. The Labute approximate surface area is 374 Å². The number of carbonyl (C=O) groups excluding carboxylic acids is 2. The summed E-state index contributed by atoms with van der Waals surface area (Å²) in [5.74, 6) is -0.0401. The first-order chi connectivity index (χ1) is 29.5. The number of esters is 1. The van der Waals surface area contributed by atoms with E-state index in [0.29, 0.717) is 25.9 Å². The number of ether oxygens (including phenoxy) is 1. The molecule has 356 valence electrons. The number of hydrogen-bond acceptors (Lipinski definition) is 5. The summed E-state index contributed by atoms with van der Waals surface area (Å²) >= 11 is 0. The van der Waals surface area contributed by atoms with Crippen molar-refractivity contribution in [2.45, 2.75) is 309 Å². The quantitative estimate of drug-likeness (QED) is 0.0322. The molecule has 2 atom stereocenters. The fourth-order valence-electron chi connectivity index (χ4n) is 8.40. The van der Waals surface area contributed by atoms with Crippen molar-refractivity contribution in [1.82, 2.24) is 5.32 Å². The normalized spacial score (nSPS) is 12.7. The fourth-order valence-corrected chi connectivity index (χ4v) is 8.40. The highest BCUT2D eigenvalue weighted by Gasteiger charge is 2.20. The van der Waals surface area contributed by atoms with Crippen molar-refractivity contribution in [3.05, 3.63) is 12.2 Å². The Morgan fingerprint density at radius 2 is 0.783 bits per heavy atom. The Bertz CT molecular complexity index is 893. The van der Waals surface area contributed by atoms with Crippen LogP contribution in [0.3, 0.4) is 0 Å². The minimum atomic E-state index is -0.665. The first-order valence-electron chi connectivity index (χ1n) is 26.9. The molecule has 0 heterocycles. The molecule has 1 amide bonds. The summed E-state index contributed by atoms with van der Waals surface area (Å²) in [6.45, 7) is 4.92. The number of amides is 1. The zero-order valence-corrected chi connectivity index (χ0v) is 40.5. The van der Waals surface area contributed by atoms with E-state index in [0.717, 1.165) is 44.9 Å². The van der Waals surface area contributed by atoms with Crippen molar-refractivity contribution in [3.63, 3.8) is 0 Å². The predicted molar refractivity (Wildman–Crippen MR) is 260 cm³/mol. The van der Waals surface area contributed by atoms with Crippen LogP contribution in [0.1, 0.15) is 296 Å². The van der Waals surface area contributed by atoms with Gasteiger partial charge in [-0.2, -0.15) is 0 Å². The van der Waals surface area contributed by atoms with Crippen LogP contribution in [0.4, 0.5) is 0 Å². The number of rotatable bonds is 50. The minimum absolute atomic E-state index is 0.00206. The first kappa shape index (κ1) is 58.6. The predicted octanol–water partition coefficient (Wildman–Crippen LogP) is 16.1. The van der Waals surface area contributed by atoms with Crippen LogP contribution in [0.2, 0.25) is 0 Å². The van der Waals surface area contributed by atoms with Crippen LogP contribution in [0.25, 0.3) is 0 Å². The van der Waals surface area contributed by atoms with E-state index in [4.69, 9.17) is 4.74 Å². The van der Waals surface area contributed by atoms with E-state index in [-0.39, 0.29) is 18.5 Å². The van der Waals surface area contributed by atoms with Crippen molar-refractivity contribution < 1.29 is 24.5 Å². The van der Waals surface area contributed by atoms with E-state index in [9.17, 15) is 19.8 Å². The van der Waals surface area contributed by atoms with E-state index >= 15 is 0 Å². The molecule has 0 saturated carbocycles. The molecule has 0 bridgehead atoms. The van der Waals surface area contributed by atoms with E-state index in [1.807, 2.05) is 0 Å². The lowest BCUT2D eigenvalue weighted by molar-refractivity contribution is -0.143. The molecule has 0 fully saturated rings. The maximum absolute atomic E-state index is 12.4. The van der Waals surface area contributed by atoms with Crippen molar-refractivity contribution in [2.24, 2.45) is 0 Å². The zero-order chi connectivity index (χ0) is 43.7. The van der Waals surface area contributed by atoms with Gasteiger partial charge in [-0.25, -0.2) is 0 Å². The standard InChI is InChI=1S/C54H105NO5/c1-3-5-7-9-11-13-14-15-16-18-22-25-28-32-36-40-44-48-54(59)60-49-45-41-37-33-29-26-23-20-17-19-21-24-27-31-35-39-43-47-53(58)55-51(50-56)52(57)46-42-38-34-30-12-10-8-6-4-2/h15-16,51-52,56-57H,3-14,17-50H2,1-2H3,(H,55,58)/b16-15-. The van der Waals surface area contributed by atoms with Crippen LogP contribution in [0, 0.1) is 0 Å². The second-order valence-corrected chi connectivity index (χ2v) is 18.6. The molecule has 0 aromatic carbocycles. The van der Waals surface area contributed by atoms with Crippen LogP contribution in [-0.2, 0) is 14.3 Å². The van der Waals surface area contributed by atoms with Gasteiger partial charge >= 0.3 is 5.97 Å². The van der Waals surface area contributed by atoms with Gasteiger partial charge in [-0.15, -0.1) is 0 Å². The Morgan fingerprint density at radius 3 is 1.18 bits per heavy atom. The highest BCUT2D eigenvalue weighted by atomic mass is 16.5. The van der Waals surface area contributed by atoms with E-state index < -0.39 is 12.1 Å². The van der Waals surface area contributed by atoms with Gasteiger partial charge in [0.15, 0.2) is 0 Å². The smallest absolute Gasteiger partial charge is 0.305 e. The molecule has 2 unspecified atom stereocenters. The largest absolute Gasteiger partial charge is 0.466 e. The SMILES string of the molecule is CCCCCCCC/C=C\CCCCCCCCCC(=O)OCCCCCCCCCCCCCCCCCCCC(=O)NC(CO)C(O)CCCCCCCCCCC. The number of allylic oxidation sites excluding steroid dienone is 2. The molecule has 0 aliphatic rings. The molecular formula is C54H105NO5. The summed E-state index contributed by atoms with van der Waals surface area (Å²) < 4.78 is 5.48. The molecule has 6 heteroatoms. The van der Waals surface area contributed by atoms with Gasteiger partial charge in [-0.3, -0.25) is 9.59 Å². The Kier molecular flexibility index (Phi) is 49.1. The number of aliphatic hydroxyl groups is 2. The van der Waals surface area contributed by atoms with E-state index in [1.165, 1.54) is 218 Å². The van der Waals surface area contributed by atoms with Crippen LogP contribution in [0.15, 0.2) is 12.2 Å². The Morgan fingerprint density at radius 1 is 0.450 bits per heavy atom. The maximum atomic E-state index is 12.4. The number of nitrogens with one attached hydrogen (secondary N) is 1. The third-order valence-corrected chi connectivity index (χ3v) is 12.6. The van der Waals surface area contributed by atoms with Gasteiger partial charge in [0.1, 0.15) is 0 Å². The highest BCUT2D eigenvalue weighted by Crippen LogP contribution is 2.17. The summed E-state index contributed by atoms with van der Waals surface area (Å²) in [4.78, 5) is 24.4. The lowest BCUT2D eigenvalue weighted by atomic mass is 10.0. The lowest BCUT2D eigenvalue weighted by Crippen LogP contribution is -2.45. The second kappa shape index (κ2) is 50.2. The summed E-state index contributed by atoms with van der Waals surface area (Å²) in [5.41, 5.74) is 0. The van der Waals surface area contributed by atoms with Gasteiger partial charge in [0.2, 0.25) is 5.91 Å². The molecule has 0 rings (SSSR count). The number of carbonyl (C=O) groups is 2. The first-order valence-corrected chi connectivity index (χ1v) is 26.9. The van der Waals surface area contributed by atoms with Crippen LogP contribution in [0.5, 0.6) is 0 Å². The van der Waals surface area contributed by atoms with Gasteiger partial charge in [-0.05, 0) is 51.4 Å². The molecule has 0 aromatic heterocycles. The van der Waals surface area contributed by atoms with E-state index in [2.05, 4.69) is 31.3 Å². The van der Waals surface area contributed by atoms with Gasteiger partial charge < -0.3 is 20.3 Å². The van der Waals surface area contributed by atoms with Gasteiger partial charge in [-0.1, -0.05) is 244 Å². The monoisotopic (exact) mass is 848 g/mol. The van der Waals surface area contributed by atoms with Crippen molar-refractivity contribution >= 4 is 11.9 Å². The average molecular weight is 848 g/mol. The third-order valence-electron chi connectivity index (χ3n) is 12.6. The maximum Gasteiger partial charge on any atom is 0.305 e.